The second-order valence-corrected chi connectivity index (χ2v) is 5.76. The maximum absolute atomic E-state index is 10.9. The van der Waals surface area contributed by atoms with Gasteiger partial charge in [0.15, 0.2) is 0 Å². The summed E-state index contributed by atoms with van der Waals surface area (Å²) in [7, 11) is 0. The lowest BCUT2D eigenvalue weighted by Gasteiger charge is -2.11. The molecule has 5 heteroatoms. The Hall–Kier alpha value is -3.47. The summed E-state index contributed by atoms with van der Waals surface area (Å²) in [4.78, 5) is 10.9. The molecule has 138 valence electrons. The predicted molar refractivity (Wildman–Crippen MR) is 102 cm³/mol. The van der Waals surface area contributed by atoms with E-state index in [1.165, 1.54) is 0 Å². The van der Waals surface area contributed by atoms with Gasteiger partial charge in [-0.15, -0.1) is 0 Å². The summed E-state index contributed by atoms with van der Waals surface area (Å²) < 4.78 is 17.0. The Morgan fingerprint density at radius 1 is 0.704 bits per heavy atom. The summed E-state index contributed by atoms with van der Waals surface area (Å²) in [5.74, 6) is 1.89. The number of carbonyl (C=O) groups is 1. The molecule has 0 aromatic heterocycles. The molecule has 1 N–H and O–H groups in total. The second-order valence-electron chi connectivity index (χ2n) is 5.76. The van der Waals surface area contributed by atoms with Crippen LogP contribution in [0.25, 0.3) is 0 Å². The third-order valence-corrected chi connectivity index (χ3v) is 3.73. The van der Waals surface area contributed by atoms with E-state index in [0.29, 0.717) is 30.3 Å². The highest BCUT2D eigenvalue weighted by molar-refractivity contribution is 5.71. The number of ether oxygens (including phenoxy) is 3. The molecule has 27 heavy (non-hydrogen) atoms. The first-order chi connectivity index (χ1) is 13.2. The first-order valence-corrected chi connectivity index (χ1v) is 8.59. The second kappa shape index (κ2) is 9.29. The molecule has 0 amide bonds. The summed E-state index contributed by atoms with van der Waals surface area (Å²) in [6.07, 6.45) is -0.0695. The van der Waals surface area contributed by atoms with Crippen molar-refractivity contribution in [3.05, 3.63) is 84.4 Å². The molecule has 5 nitrogen and oxygen atoms in total. The topological polar surface area (TPSA) is 65.0 Å². The highest BCUT2D eigenvalue weighted by Gasteiger charge is 2.07. The third kappa shape index (κ3) is 5.78. The lowest BCUT2D eigenvalue weighted by Crippen LogP contribution is -2.11. The Bertz CT molecular complexity index is 859. The Balaban J connectivity index is 1.46. The SMILES string of the molecule is O=C(O)Cc1ccccc1OCCOc1ccc(Oc2ccccc2)cc1. The van der Waals surface area contributed by atoms with Crippen LogP contribution in [0.4, 0.5) is 0 Å². The quantitative estimate of drug-likeness (QED) is 0.564. The monoisotopic (exact) mass is 364 g/mol. The molecule has 0 saturated carbocycles. The van der Waals surface area contributed by atoms with Crippen LogP contribution in [0.5, 0.6) is 23.0 Å². The first kappa shape index (κ1) is 18.3. The van der Waals surface area contributed by atoms with E-state index in [2.05, 4.69) is 0 Å². The van der Waals surface area contributed by atoms with Gasteiger partial charge < -0.3 is 19.3 Å². The van der Waals surface area contributed by atoms with Crippen LogP contribution >= 0.6 is 0 Å². The van der Waals surface area contributed by atoms with E-state index in [-0.39, 0.29) is 6.42 Å². The van der Waals surface area contributed by atoms with Gasteiger partial charge in [0.2, 0.25) is 0 Å². The van der Waals surface area contributed by atoms with Crippen molar-refractivity contribution in [3.8, 4) is 23.0 Å². The van der Waals surface area contributed by atoms with Crippen LogP contribution < -0.4 is 14.2 Å². The first-order valence-electron chi connectivity index (χ1n) is 8.59. The largest absolute Gasteiger partial charge is 0.490 e. The molecule has 0 aliphatic rings. The van der Waals surface area contributed by atoms with Crippen LogP contribution in [0.1, 0.15) is 5.56 Å². The van der Waals surface area contributed by atoms with E-state index < -0.39 is 5.97 Å². The van der Waals surface area contributed by atoms with Gasteiger partial charge in [0.05, 0.1) is 6.42 Å². The lowest BCUT2D eigenvalue weighted by atomic mass is 10.1. The summed E-state index contributed by atoms with van der Waals surface area (Å²) >= 11 is 0. The maximum Gasteiger partial charge on any atom is 0.307 e. The van der Waals surface area contributed by atoms with Crippen LogP contribution in [0.3, 0.4) is 0 Å². The van der Waals surface area contributed by atoms with Crippen LogP contribution in [-0.4, -0.2) is 24.3 Å². The van der Waals surface area contributed by atoms with Gasteiger partial charge in [-0.05, 0) is 42.5 Å². The fourth-order valence-corrected chi connectivity index (χ4v) is 2.49. The highest BCUT2D eigenvalue weighted by Crippen LogP contribution is 2.23. The van der Waals surface area contributed by atoms with E-state index in [1.807, 2.05) is 60.7 Å². The molecule has 0 fully saturated rings. The van der Waals surface area contributed by atoms with Gasteiger partial charge in [-0.25, -0.2) is 0 Å². The molecule has 0 spiro atoms. The van der Waals surface area contributed by atoms with Crippen molar-refractivity contribution in [1.82, 2.24) is 0 Å². The zero-order valence-electron chi connectivity index (χ0n) is 14.7. The van der Waals surface area contributed by atoms with Crippen LogP contribution in [0, 0.1) is 0 Å². The number of benzene rings is 3. The highest BCUT2D eigenvalue weighted by atomic mass is 16.5. The molecule has 0 atom stereocenters. The lowest BCUT2D eigenvalue weighted by molar-refractivity contribution is -0.136. The minimum absolute atomic E-state index is 0.0695. The summed E-state index contributed by atoms with van der Waals surface area (Å²) in [5, 5.41) is 8.94. The number of hydrogen-bond acceptors (Lipinski definition) is 4. The standard InChI is InChI=1S/C22H20O5/c23-22(24)16-17-6-4-5-9-21(17)26-15-14-25-18-10-12-20(13-11-18)27-19-7-2-1-3-8-19/h1-13H,14-16H2,(H,23,24). The molecule has 3 rings (SSSR count). The minimum Gasteiger partial charge on any atom is -0.490 e. The summed E-state index contributed by atoms with van der Waals surface area (Å²) in [6.45, 7) is 0.666. The molecule has 0 radical (unpaired) electrons. The van der Waals surface area contributed by atoms with Crippen LogP contribution in [-0.2, 0) is 11.2 Å². The van der Waals surface area contributed by atoms with E-state index in [9.17, 15) is 4.79 Å². The molecule has 0 aliphatic carbocycles. The van der Waals surface area contributed by atoms with Gasteiger partial charge in [-0.3, -0.25) is 4.79 Å². The Labute approximate surface area is 157 Å². The number of carboxylic acid groups (broad SMARTS) is 1. The number of rotatable bonds is 9. The van der Waals surface area contributed by atoms with E-state index in [4.69, 9.17) is 19.3 Å². The number of hydrogen-bond donors (Lipinski definition) is 1. The van der Waals surface area contributed by atoms with Crippen molar-refractivity contribution in [1.29, 1.82) is 0 Å². The average Bonchev–Trinajstić information content (AvgIpc) is 2.68. The van der Waals surface area contributed by atoms with E-state index in [1.54, 1.807) is 18.2 Å². The van der Waals surface area contributed by atoms with Crippen LogP contribution in [0.2, 0.25) is 0 Å². The minimum atomic E-state index is -0.889. The van der Waals surface area contributed by atoms with Crippen molar-refractivity contribution in [3.63, 3.8) is 0 Å². The van der Waals surface area contributed by atoms with Gasteiger partial charge in [-0.1, -0.05) is 36.4 Å². The Morgan fingerprint density at radius 3 is 2.04 bits per heavy atom. The van der Waals surface area contributed by atoms with Gasteiger partial charge in [0.25, 0.3) is 0 Å². The molecular formula is C22H20O5. The van der Waals surface area contributed by atoms with E-state index in [0.717, 1.165) is 11.5 Å². The third-order valence-electron chi connectivity index (χ3n) is 3.73. The number of aliphatic carboxylic acids is 1. The van der Waals surface area contributed by atoms with Crippen molar-refractivity contribution in [2.45, 2.75) is 6.42 Å². The van der Waals surface area contributed by atoms with Gasteiger partial charge >= 0.3 is 5.97 Å². The average molecular weight is 364 g/mol. The number of carboxylic acids is 1. The summed E-state index contributed by atoms with van der Waals surface area (Å²) in [6, 6.07) is 24.0. The Kier molecular flexibility index (Phi) is 6.30. The zero-order valence-corrected chi connectivity index (χ0v) is 14.7. The maximum atomic E-state index is 10.9. The van der Waals surface area contributed by atoms with Crippen LogP contribution in [0.15, 0.2) is 78.9 Å². The smallest absolute Gasteiger partial charge is 0.307 e. The summed E-state index contributed by atoms with van der Waals surface area (Å²) in [5.41, 5.74) is 0.646. The van der Waals surface area contributed by atoms with Crippen molar-refractivity contribution < 1.29 is 24.1 Å². The van der Waals surface area contributed by atoms with Crippen molar-refractivity contribution in [2.24, 2.45) is 0 Å². The predicted octanol–water partition coefficient (Wildman–Crippen LogP) is 4.56. The molecular weight excluding hydrogens is 344 g/mol. The van der Waals surface area contributed by atoms with E-state index >= 15 is 0 Å². The number of para-hydroxylation sites is 2. The fraction of sp³-hybridized carbons (Fsp3) is 0.136. The molecule has 0 heterocycles. The molecule has 0 unspecified atom stereocenters. The zero-order chi connectivity index (χ0) is 18.9. The Morgan fingerprint density at radius 2 is 1.30 bits per heavy atom. The van der Waals surface area contributed by atoms with Crippen molar-refractivity contribution >= 4 is 5.97 Å². The molecule has 0 aliphatic heterocycles. The van der Waals surface area contributed by atoms with Gasteiger partial charge in [0, 0.05) is 5.56 Å². The van der Waals surface area contributed by atoms with Gasteiger partial charge in [0.1, 0.15) is 36.2 Å². The molecule has 0 bridgehead atoms. The molecule has 0 saturated heterocycles. The molecule has 3 aromatic rings. The van der Waals surface area contributed by atoms with Crippen molar-refractivity contribution in [2.75, 3.05) is 13.2 Å². The normalized spacial score (nSPS) is 10.2. The van der Waals surface area contributed by atoms with Gasteiger partial charge in [-0.2, -0.15) is 0 Å². The molecule has 3 aromatic carbocycles. The fourth-order valence-electron chi connectivity index (χ4n) is 2.49.